The molecule has 0 radical (unpaired) electrons. The summed E-state index contributed by atoms with van der Waals surface area (Å²) >= 11 is 1.25. The summed E-state index contributed by atoms with van der Waals surface area (Å²) in [5, 5.41) is 4.86. The highest BCUT2D eigenvalue weighted by molar-refractivity contribution is 7.90. The lowest BCUT2D eigenvalue weighted by molar-refractivity contribution is 0.0493. The van der Waals surface area contributed by atoms with Crippen molar-refractivity contribution in [2.24, 2.45) is 5.92 Å². The van der Waals surface area contributed by atoms with Gasteiger partial charge in [-0.1, -0.05) is 0 Å². The number of piperidine rings is 1. The molecule has 12 heteroatoms. The van der Waals surface area contributed by atoms with Crippen molar-refractivity contribution < 1.29 is 27.1 Å². The first kappa shape index (κ1) is 24.4. The van der Waals surface area contributed by atoms with Crippen LogP contribution in [0.3, 0.4) is 0 Å². The van der Waals surface area contributed by atoms with E-state index in [1.165, 1.54) is 28.0 Å². The van der Waals surface area contributed by atoms with Crippen LogP contribution in [0.25, 0.3) is 16.2 Å². The number of carbonyl (C=O) groups excluding carboxylic acids is 1. The summed E-state index contributed by atoms with van der Waals surface area (Å²) in [5.74, 6) is -0.389. The largest absolute Gasteiger partial charge is 0.466 e. The summed E-state index contributed by atoms with van der Waals surface area (Å²) in [6, 6.07) is 3.76. The van der Waals surface area contributed by atoms with Crippen LogP contribution in [0.5, 0.6) is 5.19 Å². The van der Waals surface area contributed by atoms with Gasteiger partial charge in [0, 0.05) is 24.9 Å². The third-order valence-electron chi connectivity index (χ3n) is 5.75. The Hall–Kier alpha value is -2.73. The van der Waals surface area contributed by atoms with Crippen LogP contribution in [0.15, 0.2) is 29.3 Å². The number of imidazole rings is 1. The Balaban J connectivity index is 1.39. The summed E-state index contributed by atoms with van der Waals surface area (Å²) in [6.45, 7) is 6.90. The van der Waals surface area contributed by atoms with E-state index in [1.807, 2.05) is 20.8 Å². The van der Waals surface area contributed by atoms with Crippen molar-refractivity contribution in [3.63, 3.8) is 0 Å². The van der Waals surface area contributed by atoms with Crippen LogP contribution in [-0.2, 0) is 14.6 Å². The van der Waals surface area contributed by atoms with Crippen LogP contribution in [0.1, 0.15) is 33.6 Å². The normalized spacial score (nSPS) is 16.2. The Kier molecular flexibility index (Phi) is 6.81. The van der Waals surface area contributed by atoms with Gasteiger partial charge in [0.25, 0.3) is 5.19 Å². The third kappa shape index (κ3) is 5.33. The molecule has 1 saturated heterocycles. The van der Waals surface area contributed by atoms with Gasteiger partial charge in [-0.05, 0) is 69.1 Å². The van der Waals surface area contributed by atoms with Crippen LogP contribution < -0.4 is 4.74 Å². The molecule has 4 rings (SSSR count). The Morgan fingerprint density at radius 3 is 2.53 bits per heavy atom. The molecule has 3 heterocycles. The van der Waals surface area contributed by atoms with Crippen molar-refractivity contribution in [2.45, 2.75) is 50.7 Å². The number of halogens is 1. The SMILES string of the molecule is CC(C)OC(=O)N1CCC([C@H](C)Oc2nn3cc(-c4ccc(S(C)(=O)=O)cc4F)nc3s2)CC1. The van der Waals surface area contributed by atoms with Crippen molar-refractivity contribution in [1.29, 1.82) is 0 Å². The van der Waals surface area contributed by atoms with E-state index in [4.69, 9.17) is 9.47 Å². The summed E-state index contributed by atoms with van der Waals surface area (Å²) in [6.07, 6.45) is 3.72. The minimum absolute atomic E-state index is 0.0831. The number of sulfone groups is 1. The molecular weight excluding hydrogens is 483 g/mol. The highest BCUT2D eigenvalue weighted by Crippen LogP contribution is 2.31. The molecule has 1 atom stereocenters. The molecule has 0 spiro atoms. The number of rotatable bonds is 6. The first-order valence-electron chi connectivity index (χ1n) is 11.0. The molecular formula is C22H27FN4O5S2. The van der Waals surface area contributed by atoms with Gasteiger partial charge in [-0.25, -0.2) is 27.1 Å². The van der Waals surface area contributed by atoms with Gasteiger partial charge >= 0.3 is 6.09 Å². The van der Waals surface area contributed by atoms with Crippen LogP contribution in [-0.4, -0.2) is 65.6 Å². The maximum Gasteiger partial charge on any atom is 0.410 e. The summed E-state index contributed by atoms with van der Waals surface area (Å²) in [5.41, 5.74) is 0.556. The monoisotopic (exact) mass is 510 g/mol. The number of nitrogens with zero attached hydrogens (tertiary/aromatic N) is 4. The van der Waals surface area contributed by atoms with Gasteiger partial charge in [-0.3, -0.25) is 0 Å². The fraction of sp³-hybridized carbons (Fsp3) is 0.500. The number of hydrogen-bond donors (Lipinski definition) is 0. The molecule has 0 N–H and O–H groups in total. The number of likely N-dealkylation sites (tertiary alicyclic amines) is 1. The van der Waals surface area contributed by atoms with Gasteiger partial charge in [0.2, 0.25) is 4.96 Å². The number of amides is 1. The second-order valence-electron chi connectivity index (χ2n) is 8.72. The highest BCUT2D eigenvalue weighted by Gasteiger charge is 2.29. The van der Waals surface area contributed by atoms with Crippen molar-refractivity contribution >= 4 is 32.2 Å². The smallest absolute Gasteiger partial charge is 0.410 e. The quantitative estimate of drug-likeness (QED) is 0.493. The Labute approximate surface area is 201 Å². The molecule has 1 aliphatic rings. The molecule has 1 aromatic carbocycles. The molecule has 3 aromatic rings. The first-order chi connectivity index (χ1) is 16.0. The lowest BCUT2D eigenvalue weighted by Crippen LogP contribution is -2.42. The topological polar surface area (TPSA) is 103 Å². The van der Waals surface area contributed by atoms with E-state index in [-0.39, 0.29) is 34.7 Å². The molecule has 9 nitrogen and oxygen atoms in total. The number of ether oxygens (including phenoxy) is 2. The maximum atomic E-state index is 14.5. The Morgan fingerprint density at radius 2 is 1.94 bits per heavy atom. The molecule has 0 aliphatic carbocycles. The predicted molar refractivity (Wildman–Crippen MR) is 125 cm³/mol. The van der Waals surface area contributed by atoms with Crippen LogP contribution in [0, 0.1) is 11.7 Å². The second kappa shape index (κ2) is 9.49. The van der Waals surface area contributed by atoms with Gasteiger partial charge in [0.05, 0.1) is 22.9 Å². The predicted octanol–water partition coefficient (Wildman–Crippen LogP) is 4.02. The van der Waals surface area contributed by atoms with Crippen molar-refractivity contribution in [3.05, 3.63) is 30.2 Å². The number of fused-ring (bicyclic) bond motifs is 1. The van der Waals surface area contributed by atoms with Gasteiger partial charge in [0.15, 0.2) is 9.84 Å². The number of hydrogen-bond acceptors (Lipinski definition) is 8. The summed E-state index contributed by atoms with van der Waals surface area (Å²) < 4.78 is 50.6. The fourth-order valence-electron chi connectivity index (χ4n) is 3.88. The standard InChI is InChI=1S/C22H27FN4O5S2/c1-13(2)31-22(28)26-9-7-15(8-10-26)14(3)32-21-25-27-12-19(24-20(27)33-21)17-6-5-16(11-18(17)23)34(4,29)30/h5-6,11-15H,7-10H2,1-4H3/t14-/m0/s1. The van der Waals surface area contributed by atoms with Crippen LogP contribution >= 0.6 is 11.3 Å². The molecule has 1 amide bonds. The zero-order chi connectivity index (χ0) is 24.6. The second-order valence-corrected chi connectivity index (χ2v) is 11.6. The molecule has 0 unspecified atom stereocenters. The summed E-state index contributed by atoms with van der Waals surface area (Å²) in [7, 11) is -3.50. The third-order valence-corrected chi connectivity index (χ3v) is 7.68. The molecule has 2 aromatic heterocycles. The minimum Gasteiger partial charge on any atom is -0.466 e. The first-order valence-corrected chi connectivity index (χ1v) is 13.7. The molecule has 1 aliphatic heterocycles. The highest BCUT2D eigenvalue weighted by atomic mass is 32.2. The van der Waals surface area contributed by atoms with E-state index < -0.39 is 15.7 Å². The van der Waals surface area contributed by atoms with Gasteiger partial charge in [-0.2, -0.15) is 0 Å². The van der Waals surface area contributed by atoms with Gasteiger partial charge in [-0.15, -0.1) is 5.10 Å². The van der Waals surface area contributed by atoms with Crippen molar-refractivity contribution in [3.8, 4) is 16.5 Å². The zero-order valence-electron chi connectivity index (χ0n) is 19.4. The lowest BCUT2D eigenvalue weighted by Gasteiger charge is -2.34. The Bertz CT molecular complexity index is 1260. The van der Waals surface area contributed by atoms with E-state index in [0.717, 1.165) is 25.2 Å². The summed E-state index contributed by atoms with van der Waals surface area (Å²) in [4.78, 5) is 18.7. The Morgan fingerprint density at radius 1 is 1.24 bits per heavy atom. The van der Waals surface area contributed by atoms with Crippen LogP contribution in [0.4, 0.5) is 9.18 Å². The van der Waals surface area contributed by atoms with E-state index >= 15 is 0 Å². The lowest BCUT2D eigenvalue weighted by atomic mass is 9.92. The van der Waals surface area contributed by atoms with E-state index in [0.29, 0.717) is 28.9 Å². The average molecular weight is 511 g/mol. The maximum absolute atomic E-state index is 14.5. The molecule has 1 fully saturated rings. The minimum atomic E-state index is -3.50. The molecule has 34 heavy (non-hydrogen) atoms. The fourth-order valence-corrected chi connectivity index (χ4v) is 5.33. The van der Waals surface area contributed by atoms with Crippen molar-refractivity contribution in [2.75, 3.05) is 19.3 Å². The zero-order valence-corrected chi connectivity index (χ0v) is 21.0. The molecule has 184 valence electrons. The van der Waals surface area contributed by atoms with E-state index in [1.54, 1.807) is 11.1 Å². The molecule has 0 saturated carbocycles. The van der Waals surface area contributed by atoms with E-state index in [9.17, 15) is 17.6 Å². The molecule has 0 bridgehead atoms. The van der Waals surface area contributed by atoms with Crippen molar-refractivity contribution in [1.82, 2.24) is 19.5 Å². The van der Waals surface area contributed by atoms with Gasteiger partial charge in [0.1, 0.15) is 11.9 Å². The van der Waals surface area contributed by atoms with Crippen LogP contribution in [0.2, 0.25) is 0 Å². The number of aromatic nitrogens is 3. The number of carbonyl (C=O) groups is 1. The average Bonchev–Trinajstić information content (AvgIpc) is 3.31. The van der Waals surface area contributed by atoms with E-state index in [2.05, 4.69) is 10.1 Å². The number of benzene rings is 1. The van der Waals surface area contributed by atoms with Gasteiger partial charge < -0.3 is 14.4 Å².